The third-order valence-electron chi connectivity index (χ3n) is 5.61. The molecule has 3 aliphatic rings. The third-order valence-corrected chi connectivity index (χ3v) is 6.82. The van der Waals surface area contributed by atoms with Crippen LogP contribution in [-0.4, -0.2) is 34.6 Å². The average Bonchev–Trinajstić information content (AvgIpc) is 3.61. The van der Waals surface area contributed by atoms with Crippen molar-refractivity contribution in [2.75, 3.05) is 17.2 Å². The van der Waals surface area contributed by atoms with E-state index in [1.54, 1.807) is 11.3 Å². The number of aromatic nitrogens is 2. The average molecular weight is 401 g/mol. The number of thiophene rings is 1. The normalized spacial score (nSPS) is 21.1. The molecule has 9 heteroatoms. The molecule has 0 radical (unpaired) electrons. The summed E-state index contributed by atoms with van der Waals surface area (Å²) in [5, 5.41) is 17.6. The molecule has 5 rings (SSSR count). The van der Waals surface area contributed by atoms with Crippen LogP contribution in [0.1, 0.15) is 52.9 Å². The van der Waals surface area contributed by atoms with Gasteiger partial charge in [-0.05, 0) is 56.4 Å². The van der Waals surface area contributed by atoms with Crippen molar-refractivity contribution < 1.29 is 14.0 Å². The highest BCUT2D eigenvalue weighted by Gasteiger charge is 2.34. The van der Waals surface area contributed by atoms with Gasteiger partial charge in [0.1, 0.15) is 5.00 Å². The number of aryl methyl sites for hydroxylation is 1. The van der Waals surface area contributed by atoms with Crippen LogP contribution in [0.3, 0.4) is 0 Å². The van der Waals surface area contributed by atoms with Gasteiger partial charge in [0.2, 0.25) is 12.3 Å². The van der Waals surface area contributed by atoms with Gasteiger partial charge in [-0.1, -0.05) is 5.10 Å². The summed E-state index contributed by atoms with van der Waals surface area (Å²) >= 11 is 1.55. The highest BCUT2D eigenvalue weighted by Crippen LogP contribution is 2.40. The molecule has 8 nitrogen and oxygen atoms in total. The summed E-state index contributed by atoms with van der Waals surface area (Å²) in [4.78, 5) is 26.5. The lowest BCUT2D eigenvalue weighted by atomic mass is 9.91. The van der Waals surface area contributed by atoms with Crippen molar-refractivity contribution in [3.8, 4) is 0 Å². The van der Waals surface area contributed by atoms with Gasteiger partial charge in [0.15, 0.2) is 0 Å². The lowest BCUT2D eigenvalue weighted by Crippen LogP contribution is -2.31. The fourth-order valence-corrected chi connectivity index (χ4v) is 4.90. The first kappa shape index (κ1) is 17.7. The fourth-order valence-electron chi connectivity index (χ4n) is 3.65. The van der Waals surface area contributed by atoms with Gasteiger partial charge in [0.05, 0.1) is 5.56 Å². The molecule has 0 spiro atoms. The molecule has 2 saturated carbocycles. The predicted octanol–water partition coefficient (Wildman–Crippen LogP) is 2.59. The van der Waals surface area contributed by atoms with Gasteiger partial charge in [-0.25, -0.2) is 0 Å². The van der Waals surface area contributed by atoms with Crippen LogP contribution in [0.5, 0.6) is 0 Å². The summed E-state index contributed by atoms with van der Waals surface area (Å²) in [7, 11) is 0. The van der Waals surface area contributed by atoms with E-state index < -0.39 is 0 Å². The molecule has 0 bridgehead atoms. The van der Waals surface area contributed by atoms with Gasteiger partial charge < -0.3 is 20.4 Å². The van der Waals surface area contributed by atoms with Crippen molar-refractivity contribution in [2.45, 2.75) is 51.0 Å². The Morgan fingerprint density at radius 1 is 1.21 bits per heavy atom. The molecule has 3 aliphatic carbocycles. The minimum atomic E-state index is -0.0751. The smallest absolute Gasteiger partial charge is 0.315 e. The molecule has 28 heavy (non-hydrogen) atoms. The van der Waals surface area contributed by atoms with Crippen LogP contribution < -0.4 is 16.0 Å². The Morgan fingerprint density at radius 3 is 2.79 bits per heavy atom. The number of carbonyl (C=O) groups excluding carboxylic acids is 2. The van der Waals surface area contributed by atoms with E-state index in [2.05, 4.69) is 26.1 Å². The standard InChI is InChI=1S/C19H23N5O3S/c25-16(11-3-4-11)23-18-15(17(26)20-8-10-1-2-10)13-7-12(5-6-14(13)28-18)22-19-24-21-9-27-19/h9-12H,1-8H2,(H,20,26)(H,22,24)(H,23,25). The molecule has 2 fully saturated rings. The minimum Gasteiger partial charge on any atom is -0.411 e. The summed E-state index contributed by atoms with van der Waals surface area (Å²) < 4.78 is 5.20. The molecular weight excluding hydrogens is 378 g/mol. The van der Waals surface area contributed by atoms with Crippen LogP contribution in [-0.2, 0) is 17.6 Å². The van der Waals surface area contributed by atoms with Crippen molar-refractivity contribution in [1.82, 2.24) is 15.5 Å². The minimum absolute atomic E-state index is 0.0374. The number of fused-ring (bicyclic) bond motifs is 1. The van der Waals surface area contributed by atoms with E-state index in [0.29, 0.717) is 35.5 Å². The molecule has 1 atom stereocenters. The van der Waals surface area contributed by atoms with E-state index in [4.69, 9.17) is 4.42 Å². The molecule has 2 heterocycles. The summed E-state index contributed by atoms with van der Waals surface area (Å²) in [6, 6.07) is 0.509. The Labute approximate surface area is 166 Å². The number of carbonyl (C=O) groups is 2. The lowest BCUT2D eigenvalue weighted by Gasteiger charge is -2.23. The van der Waals surface area contributed by atoms with Crippen molar-refractivity contribution in [3.05, 3.63) is 22.4 Å². The molecule has 2 aromatic heterocycles. The van der Waals surface area contributed by atoms with Crippen molar-refractivity contribution >= 4 is 34.2 Å². The van der Waals surface area contributed by atoms with E-state index >= 15 is 0 Å². The summed E-state index contributed by atoms with van der Waals surface area (Å²) in [6.45, 7) is 0.711. The van der Waals surface area contributed by atoms with Crippen LogP contribution in [0.2, 0.25) is 0 Å². The highest BCUT2D eigenvalue weighted by atomic mass is 32.1. The number of nitrogens with one attached hydrogen (secondary N) is 3. The predicted molar refractivity (Wildman–Crippen MR) is 104 cm³/mol. The second-order valence-electron chi connectivity index (χ2n) is 7.95. The van der Waals surface area contributed by atoms with Crippen LogP contribution in [0.25, 0.3) is 0 Å². The zero-order valence-corrected chi connectivity index (χ0v) is 16.3. The largest absolute Gasteiger partial charge is 0.411 e. The van der Waals surface area contributed by atoms with Crippen LogP contribution in [0.4, 0.5) is 11.0 Å². The van der Waals surface area contributed by atoms with E-state index in [0.717, 1.165) is 31.2 Å². The number of hydrogen-bond donors (Lipinski definition) is 3. The van der Waals surface area contributed by atoms with Crippen molar-refractivity contribution in [2.24, 2.45) is 11.8 Å². The molecule has 3 N–H and O–H groups in total. The Morgan fingerprint density at radius 2 is 2.07 bits per heavy atom. The van der Waals surface area contributed by atoms with Gasteiger partial charge in [0.25, 0.3) is 5.91 Å². The first-order valence-electron chi connectivity index (χ1n) is 9.93. The first-order valence-corrected chi connectivity index (χ1v) is 10.8. The topological polar surface area (TPSA) is 109 Å². The Kier molecular flexibility index (Phi) is 4.54. The molecule has 0 saturated heterocycles. The highest BCUT2D eigenvalue weighted by molar-refractivity contribution is 7.17. The van der Waals surface area contributed by atoms with Crippen LogP contribution in [0, 0.1) is 11.8 Å². The number of amides is 2. The summed E-state index contributed by atoms with van der Waals surface area (Å²) in [6.07, 6.45) is 8.01. The molecule has 0 aliphatic heterocycles. The first-order chi connectivity index (χ1) is 13.7. The maximum Gasteiger partial charge on any atom is 0.315 e. The Bertz CT molecular complexity index is 886. The SMILES string of the molecule is O=C(NCC1CC1)c1c(NC(=O)C2CC2)sc2c1CC(Nc1nnco1)CC2. The van der Waals surface area contributed by atoms with Gasteiger partial charge in [-0.15, -0.1) is 16.4 Å². The summed E-state index contributed by atoms with van der Waals surface area (Å²) in [5.74, 6) is 0.674. The van der Waals surface area contributed by atoms with Crippen molar-refractivity contribution in [1.29, 1.82) is 0 Å². The molecule has 148 valence electrons. The van der Waals surface area contributed by atoms with Gasteiger partial charge in [-0.3, -0.25) is 9.59 Å². The van der Waals surface area contributed by atoms with Crippen molar-refractivity contribution in [3.63, 3.8) is 0 Å². The molecule has 2 amide bonds. The van der Waals surface area contributed by atoms with Gasteiger partial charge in [0, 0.05) is 23.4 Å². The second kappa shape index (κ2) is 7.20. The number of nitrogens with zero attached hydrogens (tertiary/aromatic N) is 2. The molecular formula is C19H23N5O3S. The molecule has 2 aromatic rings. The number of rotatable bonds is 7. The van der Waals surface area contributed by atoms with E-state index in [1.165, 1.54) is 24.1 Å². The maximum absolute atomic E-state index is 13.0. The van der Waals surface area contributed by atoms with E-state index in [9.17, 15) is 9.59 Å². The zero-order valence-electron chi connectivity index (χ0n) is 15.5. The second-order valence-corrected chi connectivity index (χ2v) is 9.06. The fraction of sp³-hybridized carbons (Fsp3) is 0.579. The lowest BCUT2D eigenvalue weighted by molar-refractivity contribution is -0.117. The monoisotopic (exact) mass is 401 g/mol. The quantitative estimate of drug-likeness (QED) is 0.658. The molecule has 1 unspecified atom stereocenters. The number of hydrogen-bond acceptors (Lipinski definition) is 7. The Hall–Kier alpha value is -2.42. The third kappa shape index (κ3) is 3.76. The van der Waals surface area contributed by atoms with Crippen LogP contribution in [0.15, 0.2) is 10.8 Å². The zero-order chi connectivity index (χ0) is 19.1. The van der Waals surface area contributed by atoms with Gasteiger partial charge >= 0.3 is 6.01 Å². The summed E-state index contributed by atoms with van der Waals surface area (Å²) in [5.41, 5.74) is 1.68. The molecule has 0 aromatic carbocycles. The van der Waals surface area contributed by atoms with Gasteiger partial charge in [-0.2, -0.15) is 0 Å². The number of anilines is 2. The van der Waals surface area contributed by atoms with Crippen LogP contribution >= 0.6 is 11.3 Å². The Balaban J connectivity index is 1.39. The van der Waals surface area contributed by atoms with E-state index in [1.807, 2.05) is 0 Å². The maximum atomic E-state index is 13.0. The van der Waals surface area contributed by atoms with E-state index in [-0.39, 0.29) is 23.8 Å².